The molecule has 0 spiro atoms. The molecule has 0 bridgehead atoms. The van der Waals surface area contributed by atoms with Crippen LogP contribution in [-0.4, -0.2) is 73.8 Å². The summed E-state index contributed by atoms with van der Waals surface area (Å²) in [6, 6.07) is 5.03. The molecule has 1 aromatic carbocycles. The van der Waals surface area contributed by atoms with Crippen LogP contribution in [0.5, 0.6) is 0 Å². The van der Waals surface area contributed by atoms with Gasteiger partial charge in [-0.1, -0.05) is 0 Å². The molecule has 138 valence electrons. The summed E-state index contributed by atoms with van der Waals surface area (Å²) in [6.07, 6.45) is 0.456. The first-order chi connectivity index (χ1) is 12.0. The number of piperazine rings is 1. The van der Waals surface area contributed by atoms with E-state index in [4.69, 9.17) is 0 Å². The van der Waals surface area contributed by atoms with Crippen molar-refractivity contribution in [3.63, 3.8) is 0 Å². The number of nitrogens with zero attached hydrogens (tertiary/aromatic N) is 2. The zero-order valence-corrected chi connectivity index (χ0v) is 15.5. The molecule has 2 fully saturated rings. The van der Waals surface area contributed by atoms with Crippen LogP contribution >= 0.6 is 11.8 Å². The highest BCUT2D eigenvalue weighted by atomic mass is 32.2. The first-order valence-electron chi connectivity index (χ1n) is 8.31. The first kappa shape index (κ1) is 18.6. The number of thioether (sulfide) groups is 1. The quantitative estimate of drug-likeness (QED) is 0.826. The van der Waals surface area contributed by atoms with Crippen LogP contribution in [0.25, 0.3) is 0 Å². The number of carbonyl (C=O) groups excluding carboxylic acids is 1. The Hall–Kier alpha value is -1.16. The third kappa shape index (κ3) is 4.52. The summed E-state index contributed by atoms with van der Waals surface area (Å²) >= 11 is 1.85. The van der Waals surface area contributed by atoms with Crippen molar-refractivity contribution in [2.24, 2.45) is 0 Å². The van der Waals surface area contributed by atoms with Crippen molar-refractivity contribution in [2.45, 2.75) is 17.4 Å². The minimum atomic E-state index is -3.64. The largest absolute Gasteiger partial charge is 0.340 e. The van der Waals surface area contributed by atoms with Crippen molar-refractivity contribution >= 4 is 27.7 Å². The Morgan fingerprint density at radius 3 is 2.48 bits per heavy atom. The second kappa shape index (κ2) is 8.03. The SMILES string of the molecule is O=C(CC1CSCCN1)N1CCN(S(=O)(=O)c2ccc(F)cc2)CC1. The van der Waals surface area contributed by atoms with Crippen LogP contribution in [0.2, 0.25) is 0 Å². The Morgan fingerprint density at radius 2 is 1.88 bits per heavy atom. The monoisotopic (exact) mass is 387 g/mol. The number of halogens is 1. The lowest BCUT2D eigenvalue weighted by Gasteiger charge is -2.35. The van der Waals surface area contributed by atoms with E-state index in [1.54, 1.807) is 4.90 Å². The predicted octanol–water partition coefficient (Wildman–Crippen LogP) is 0.754. The molecule has 0 saturated carbocycles. The minimum Gasteiger partial charge on any atom is -0.340 e. The lowest BCUT2D eigenvalue weighted by atomic mass is 10.2. The van der Waals surface area contributed by atoms with E-state index in [1.807, 2.05) is 11.8 Å². The summed E-state index contributed by atoms with van der Waals surface area (Å²) in [5.41, 5.74) is 0. The van der Waals surface area contributed by atoms with E-state index in [9.17, 15) is 17.6 Å². The first-order valence-corrected chi connectivity index (χ1v) is 10.9. The van der Waals surface area contributed by atoms with E-state index >= 15 is 0 Å². The fourth-order valence-electron chi connectivity index (χ4n) is 3.02. The summed E-state index contributed by atoms with van der Waals surface area (Å²) in [7, 11) is -3.64. The van der Waals surface area contributed by atoms with Crippen molar-refractivity contribution in [1.82, 2.24) is 14.5 Å². The van der Waals surface area contributed by atoms with Crippen LogP contribution in [0.4, 0.5) is 4.39 Å². The molecule has 2 aliphatic rings. The van der Waals surface area contributed by atoms with Crippen LogP contribution in [0.1, 0.15) is 6.42 Å². The number of rotatable bonds is 4. The summed E-state index contributed by atoms with van der Waals surface area (Å²) in [4.78, 5) is 14.2. The third-order valence-electron chi connectivity index (χ3n) is 4.46. The van der Waals surface area contributed by atoms with Gasteiger partial charge in [0.2, 0.25) is 15.9 Å². The van der Waals surface area contributed by atoms with E-state index in [2.05, 4.69) is 5.32 Å². The fraction of sp³-hybridized carbons (Fsp3) is 0.562. The molecule has 9 heteroatoms. The molecule has 1 N–H and O–H groups in total. The minimum absolute atomic E-state index is 0.0684. The molecule has 0 radical (unpaired) electrons. The van der Waals surface area contributed by atoms with Crippen LogP contribution < -0.4 is 5.32 Å². The Kier molecular flexibility index (Phi) is 5.98. The third-order valence-corrected chi connectivity index (χ3v) is 7.51. The van der Waals surface area contributed by atoms with Gasteiger partial charge in [-0.15, -0.1) is 0 Å². The summed E-state index contributed by atoms with van der Waals surface area (Å²) < 4.78 is 39.5. The topological polar surface area (TPSA) is 69.7 Å². The van der Waals surface area contributed by atoms with Gasteiger partial charge in [-0.2, -0.15) is 16.1 Å². The van der Waals surface area contributed by atoms with Gasteiger partial charge in [-0.05, 0) is 24.3 Å². The van der Waals surface area contributed by atoms with Crippen LogP contribution in [-0.2, 0) is 14.8 Å². The molecule has 6 nitrogen and oxygen atoms in total. The second-order valence-corrected chi connectivity index (χ2v) is 9.26. The number of nitrogens with one attached hydrogen (secondary N) is 1. The number of hydrogen-bond donors (Lipinski definition) is 1. The second-order valence-electron chi connectivity index (χ2n) is 6.17. The van der Waals surface area contributed by atoms with Crippen molar-refractivity contribution < 1.29 is 17.6 Å². The van der Waals surface area contributed by atoms with Crippen LogP contribution in [0.3, 0.4) is 0 Å². The molecule has 3 rings (SSSR count). The van der Waals surface area contributed by atoms with E-state index in [1.165, 1.54) is 16.4 Å². The summed E-state index contributed by atoms with van der Waals surface area (Å²) in [6.45, 7) is 2.22. The molecule has 1 amide bonds. The molecule has 2 heterocycles. The van der Waals surface area contributed by atoms with Crippen LogP contribution in [0.15, 0.2) is 29.2 Å². The number of carbonyl (C=O) groups is 1. The Morgan fingerprint density at radius 1 is 1.20 bits per heavy atom. The van der Waals surface area contributed by atoms with Gasteiger partial charge in [0.05, 0.1) is 4.90 Å². The van der Waals surface area contributed by atoms with Crippen molar-refractivity contribution in [3.8, 4) is 0 Å². The molecular weight excluding hydrogens is 365 g/mol. The number of amides is 1. The standard InChI is InChI=1S/C16H22FN3O3S2/c17-13-1-3-15(4-2-13)25(22,23)20-8-6-19(7-9-20)16(21)11-14-12-24-10-5-18-14/h1-4,14,18H,5-12H2. The van der Waals surface area contributed by atoms with Gasteiger partial charge < -0.3 is 10.2 Å². The highest BCUT2D eigenvalue weighted by Crippen LogP contribution is 2.19. The van der Waals surface area contributed by atoms with Gasteiger partial charge in [0.25, 0.3) is 0 Å². The molecule has 0 aliphatic carbocycles. The molecule has 1 atom stereocenters. The normalized spacial score (nSPS) is 22.8. The van der Waals surface area contributed by atoms with Gasteiger partial charge in [0, 0.05) is 56.7 Å². The summed E-state index contributed by atoms with van der Waals surface area (Å²) in [5, 5.41) is 3.34. The molecule has 1 unspecified atom stereocenters. The number of sulfonamides is 1. The fourth-order valence-corrected chi connectivity index (χ4v) is 5.40. The lowest BCUT2D eigenvalue weighted by Crippen LogP contribution is -2.52. The Labute approximate surface area is 151 Å². The van der Waals surface area contributed by atoms with E-state index < -0.39 is 15.8 Å². The highest BCUT2D eigenvalue weighted by molar-refractivity contribution is 7.99. The van der Waals surface area contributed by atoms with Gasteiger partial charge >= 0.3 is 0 Å². The van der Waals surface area contributed by atoms with Gasteiger partial charge in [0.15, 0.2) is 0 Å². The van der Waals surface area contributed by atoms with Gasteiger partial charge in [0.1, 0.15) is 5.82 Å². The molecule has 2 aliphatic heterocycles. The maximum atomic E-state index is 13.0. The number of benzene rings is 1. The zero-order valence-electron chi connectivity index (χ0n) is 13.9. The highest BCUT2D eigenvalue weighted by Gasteiger charge is 2.30. The summed E-state index contributed by atoms with van der Waals surface area (Å²) in [5.74, 6) is 1.61. The maximum Gasteiger partial charge on any atom is 0.243 e. The van der Waals surface area contributed by atoms with Crippen molar-refractivity contribution in [1.29, 1.82) is 0 Å². The molecule has 2 saturated heterocycles. The molecule has 25 heavy (non-hydrogen) atoms. The van der Waals surface area contributed by atoms with Crippen LogP contribution in [0, 0.1) is 5.82 Å². The molecular formula is C16H22FN3O3S2. The number of hydrogen-bond acceptors (Lipinski definition) is 5. The maximum absolute atomic E-state index is 13.0. The Balaban J connectivity index is 1.55. The predicted molar refractivity (Wildman–Crippen MR) is 95.5 cm³/mol. The average molecular weight is 388 g/mol. The smallest absolute Gasteiger partial charge is 0.243 e. The zero-order chi connectivity index (χ0) is 17.9. The molecule has 1 aromatic rings. The lowest BCUT2D eigenvalue weighted by molar-refractivity contribution is -0.132. The van der Waals surface area contributed by atoms with Crippen molar-refractivity contribution in [3.05, 3.63) is 30.1 Å². The van der Waals surface area contributed by atoms with Gasteiger partial charge in [-0.3, -0.25) is 4.79 Å². The molecule has 0 aromatic heterocycles. The van der Waals surface area contributed by atoms with Gasteiger partial charge in [-0.25, -0.2) is 12.8 Å². The van der Waals surface area contributed by atoms with E-state index in [-0.39, 0.29) is 29.9 Å². The van der Waals surface area contributed by atoms with E-state index in [0.29, 0.717) is 19.5 Å². The Bertz CT molecular complexity index is 698. The van der Waals surface area contributed by atoms with Crippen molar-refractivity contribution in [2.75, 3.05) is 44.2 Å². The van der Waals surface area contributed by atoms with E-state index in [0.717, 1.165) is 30.2 Å². The average Bonchev–Trinajstić information content (AvgIpc) is 2.63.